The Balaban J connectivity index is 1.61. The molecule has 8 nitrogen and oxygen atoms in total. The van der Waals surface area contributed by atoms with E-state index in [4.69, 9.17) is 4.74 Å². The van der Waals surface area contributed by atoms with E-state index < -0.39 is 34.2 Å². The lowest BCUT2D eigenvalue weighted by Crippen LogP contribution is -2.44. The van der Waals surface area contributed by atoms with Gasteiger partial charge in [0, 0.05) is 6.42 Å². The molecule has 9 heteroatoms. The van der Waals surface area contributed by atoms with Crippen molar-refractivity contribution in [2.45, 2.75) is 32.1 Å². The zero-order valence-electron chi connectivity index (χ0n) is 13.3. The second-order valence-corrected chi connectivity index (χ2v) is 8.39. The molecular weight excluding hydrogens is 336 g/mol. The third-order valence-electron chi connectivity index (χ3n) is 4.09. The first kappa shape index (κ1) is 18.4. The van der Waals surface area contributed by atoms with E-state index in [1.165, 1.54) is 0 Å². The summed E-state index contributed by atoms with van der Waals surface area (Å²) in [7, 11) is -3.03. The van der Waals surface area contributed by atoms with Crippen LogP contribution in [0.25, 0.3) is 0 Å². The van der Waals surface area contributed by atoms with Crippen LogP contribution in [0.4, 0.5) is 0 Å². The maximum Gasteiger partial charge on any atom is 0.309 e. The Morgan fingerprint density at radius 3 is 2.46 bits per heavy atom. The first-order valence-corrected chi connectivity index (χ1v) is 9.77. The van der Waals surface area contributed by atoms with E-state index in [0.717, 1.165) is 6.42 Å². The molecule has 2 rings (SSSR count). The molecular formula is C15H22N2O6S. The fourth-order valence-corrected chi connectivity index (χ4v) is 4.65. The van der Waals surface area contributed by atoms with E-state index in [1.54, 1.807) is 0 Å². The summed E-state index contributed by atoms with van der Waals surface area (Å²) in [6, 6.07) is 0. The number of nitrogens with one attached hydrogen (secondary N) is 2. The molecule has 0 aromatic carbocycles. The van der Waals surface area contributed by atoms with E-state index in [0.29, 0.717) is 19.3 Å². The van der Waals surface area contributed by atoms with Crippen LogP contribution in [-0.4, -0.2) is 44.3 Å². The summed E-state index contributed by atoms with van der Waals surface area (Å²) in [5.74, 6) is -1.86. The molecule has 1 fully saturated rings. The standard InChI is InChI=1S/C15H22N2O6S/c18-13(8-11-6-7-24(21,22)10-11)16-17-14(19)9-23-15(20)12-4-2-1-3-5-12/h1-2,11-12H,3-10H2,(H,16,18)(H,17,19)/t11-,12+/m1/s1. The zero-order chi connectivity index (χ0) is 17.6. The maximum atomic E-state index is 11.8. The van der Waals surface area contributed by atoms with Crippen LogP contribution in [-0.2, 0) is 29.0 Å². The summed E-state index contributed by atoms with van der Waals surface area (Å²) in [5.41, 5.74) is 4.36. The molecule has 2 atom stereocenters. The Hall–Kier alpha value is -1.90. The van der Waals surface area contributed by atoms with Crippen LogP contribution in [0, 0.1) is 11.8 Å². The van der Waals surface area contributed by atoms with Gasteiger partial charge in [0.15, 0.2) is 16.4 Å². The molecule has 0 aromatic rings. The lowest BCUT2D eigenvalue weighted by Gasteiger charge is -2.16. The number of hydrogen-bond donors (Lipinski definition) is 2. The summed E-state index contributed by atoms with van der Waals surface area (Å²) < 4.78 is 27.5. The van der Waals surface area contributed by atoms with Gasteiger partial charge in [0.2, 0.25) is 5.91 Å². The molecule has 0 spiro atoms. The molecule has 1 saturated heterocycles. The molecule has 0 saturated carbocycles. The van der Waals surface area contributed by atoms with E-state index in [9.17, 15) is 22.8 Å². The number of allylic oxidation sites excluding steroid dienone is 2. The molecule has 1 aliphatic carbocycles. The van der Waals surface area contributed by atoms with Crippen LogP contribution in [0.15, 0.2) is 12.2 Å². The molecule has 134 valence electrons. The molecule has 1 aliphatic heterocycles. The van der Waals surface area contributed by atoms with Crippen molar-refractivity contribution in [2.75, 3.05) is 18.1 Å². The number of hydrazine groups is 1. The fraction of sp³-hybridized carbons (Fsp3) is 0.667. The highest BCUT2D eigenvalue weighted by atomic mass is 32.2. The van der Waals surface area contributed by atoms with Gasteiger partial charge in [0.1, 0.15) is 0 Å². The van der Waals surface area contributed by atoms with Gasteiger partial charge < -0.3 is 4.74 Å². The molecule has 24 heavy (non-hydrogen) atoms. The van der Waals surface area contributed by atoms with E-state index in [-0.39, 0.29) is 29.8 Å². The van der Waals surface area contributed by atoms with Crippen molar-refractivity contribution in [2.24, 2.45) is 11.8 Å². The highest BCUT2D eigenvalue weighted by molar-refractivity contribution is 7.91. The van der Waals surface area contributed by atoms with Gasteiger partial charge in [-0.3, -0.25) is 25.2 Å². The van der Waals surface area contributed by atoms with Crippen molar-refractivity contribution in [3.63, 3.8) is 0 Å². The van der Waals surface area contributed by atoms with Crippen LogP contribution in [0.1, 0.15) is 32.1 Å². The molecule has 0 unspecified atom stereocenters. The summed E-state index contributed by atoms with van der Waals surface area (Å²) in [4.78, 5) is 35.0. The third kappa shape index (κ3) is 5.95. The SMILES string of the molecule is O=C(COC(=O)[C@H]1CC=CCC1)NNC(=O)C[C@H]1CCS(=O)(=O)C1. The minimum Gasteiger partial charge on any atom is -0.455 e. The van der Waals surface area contributed by atoms with Gasteiger partial charge in [-0.25, -0.2) is 8.42 Å². The maximum absolute atomic E-state index is 11.8. The number of sulfone groups is 1. The monoisotopic (exact) mass is 358 g/mol. The Bertz CT molecular complexity index is 628. The number of rotatable bonds is 5. The lowest BCUT2D eigenvalue weighted by molar-refractivity contribution is -0.153. The second kappa shape index (κ2) is 8.27. The fourth-order valence-electron chi connectivity index (χ4n) is 2.78. The highest BCUT2D eigenvalue weighted by Gasteiger charge is 2.29. The molecule has 0 radical (unpaired) electrons. The van der Waals surface area contributed by atoms with Crippen LogP contribution in [0.3, 0.4) is 0 Å². The lowest BCUT2D eigenvalue weighted by atomic mass is 9.95. The predicted molar refractivity (Wildman–Crippen MR) is 85.1 cm³/mol. The summed E-state index contributed by atoms with van der Waals surface area (Å²) in [6.45, 7) is -0.461. The quantitative estimate of drug-likeness (QED) is 0.401. The van der Waals surface area contributed by atoms with Gasteiger partial charge in [-0.15, -0.1) is 0 Å². The Labute approximate surface area is 140 Å². The van der Waals surface area contributed by atoms with Gasteiger partial charge in [0.05, 0.1) is 17.4 Å². The van der Waals surface area contributed by atoms with Gasteiger partial charge in [-0.05, 0) is 31.6 Å². The number of carbonyl (C=O) groups excluding carboxylic acids is 3. The van der Waals surface area contributed by atoms with Crippen LogP contribution < -0.4 is 10.9 Å². The van der Waals surface area contributed by atoms with Crippen molar-refractivity contribution < 1.29 is 27.5 Å². The van der Waals surface area contributed by atoms with Gasteiger partial charge >= 0.3 is 5.97 Å². The topological polar surface area (TPSA) is 119 Å². The average molecular weight is 358 g/mol. The molecule has 2 amide bonds. The largest absolute Gasteiger partial charge is 0.455 e. The van der Waals surface area contributed by atoms with Crippen molar-refractivity contribution in [3.05, 3.63) is 12.2 Å². The van der Waals surface area contributed by atoms with E-state index >= 15 is 0 Å². The van der Waals surface area contributed by atoms with Gasteiger partial charge in [-0.2, -0.15) is 0 Å². The van der Waals surface area contributed by atoms with Crippen molar-refractivity contribution in [3.8, 4) is 0 Å². The number of amides is 2. The van der Waals surface area contributed by atoms with E-state index in [1.807, 2.05) is 12.2 Å². The Morgan fingerprint density at radius 1 is 1.08 bits per heavy atom. The smallest absolute Gasteiger partial charge is 0.309 e. The summed E-state index contributed by atoms with van der Waals surface area (Å²) in [6.07, 6.45) is 6.55. The molecule has 2 aliphatic rings. The Kier molecular flexibility index (Phi) is 6.36. The second-order valence-electron chi connectivity index (χ2n) is 6.16. The number of hydrogen-bond acceptors (Lipinski definition) is 6. The highest BCUT2D eigenvalue weighted by Crippen LogP contribution is 2.21. The number of ether oxygens (including phenoxy) is 1. The minimum absolute atomic E-state index is 0.00180. The summed E-state index contributed by atoms with van der Waals surface area (Å²) >= 11 is 0. The summed E-state index contributed by atoms with van der Waals surface area (Å²) in [5, 5.41) is 0. The Morgan fingerprint density at radius 2 is 1.83 bits per heavy atom. The third-order valence-corrected chi connectivity index (χ3v) is 5.93. The number of esters is 1. The van der Waals surface area contributed by atoms with Crippen LogP contribution >= 0.6 is 0 Å². The molecule has 0 bridgehead atoms. The van der Waals surface area contributed by atoms with Crippen LogP contribution in [0.2, 0.25) is 0 Å². The van der Waals surface area contributed by atoms with Crippen molar-refractivity contribution in [1.29, 1.82) is 0 Å². The van der Waals surface area contributed by atoms with Gasteiger partial charge in [0.25, 0.3) is 5.91 Å². The first-order valence-electron chi connectivity index (χ1n) is 7.95. The van der Waals surface area contributed by atoms with E-state index in [2.05, 4.69) is 10.9 Å². The van der Waals surface area contributed by atoms with Gasteiger partial charge in [-0.1, -0.05) is 12.2 Å². The van der Waals surface area contributed by atoms with Crippen LogP contribution in [0.5, 0.6) is 0 Å². The average Bonchev–Trinajstić information content (AvgIpc) is 2.90. The van der Waals surface area contributed by atoms with Crippen molar-refractivity contribution in [1.82, 2.24) is 10.9 Å². The number of carbonyl (C=O) groups is 3. The minimum atomic E-state index is -3.03. The normalized spacial score (nSPS) is 25.0. The van der Waals surface area contributed by atoms with Crippen molar-refractivity contribution >= 4 is 27.6 Å². The molecule has 1 heterocycles. The molecule has 2 N–H and O–H groups in total. The first-order chi connectivity index (χ1) is 11.4. The predicted octanol–water partition coefficient (Wildman–Crippen LogP) is -0.142. The molecule has 0 aromatic heterocycles. The zero-order valence-corrected chi connectivity index (χ0v) is 14.1.